The molecule has 0 heterocycles. The van der Waals surface area contributed by atoms with Crippen LogP contribution in [0.3, 0.4) is 0 Å². The number of anilines is 2. The lowest BCUT2D eigenvalue weighted by Gasteiger charge is -2.16. The van der Waals surface area contributed by atoms with Gasteiger partial charge in [-0.1, -0.05) is 0 Å². The van der Waals surface area contributed by atoms with Gasteiger partial charge < -0.3 is 10.4 Å². The number of aryl methyl sites for hydroxylation is 1. The van der Waals surface area contributed by atoms with E-state index in [-0.39, 0.29) is 21.0 Å². The molecule has 1 aliphatic rings. The van der Waals surface area contributed by atoms with Gasteiger partial charge in [0.2, 0.25) is 10.0 Å². The van der Waals surface area contributed by atoms with Crippen LogP contribution in [0.4, 0.5) is 11.4 Å². The monoisotopic (exact) mass is 439 g/mol. The van der Waals surface area contributed by atoms with E-state index in [0.717, 1.165) is 12.5 Å². The molecule has 0 radical (unpaired) electrons. The fourth-order valence-electron chi connectivity index (χ4n) is 3.34. The van der Waals surface area contributed by atoms with E-state index in [0.29, 0.717) is 29.7 Å². The minimum absolute atomic E-state index is 0.0382. The molecule has 0 unspecified atom stereocenters. The standard InChI is InChI=1S/C18H21N3O6S2/c1-19-15-7-6-13(28(24,25)20-2)10-16(15)21-29(26,27)17-9-12(18(22)23)8-11-4-3-5-14(11)17/h6-10,19-21H,3-5H2,1-2H3,(H,22,23). The molecule has 0 saturated heterocycles. The van der Waals surface area contributed by atoms with Gasteiger partial charge in [-0.25, -0.2) is 26.4 Å². The first-order valence-corrected chi connectivity index (χ1v) is 11.7. The Morgan fingerprint density at radius 1 is 0.966 bits per heavy atom. The molecule has 29 heavy (non-hydrogen) atoms. The van der Waals surface area contributed by atoms with Crippen molar-refractivity contribution in [1.29, 1.82) is 0 Å². The molecule has 3 rings (SSSR count). The van der Waals surface area contributed by atoms with Crippen LogP contribution in [0.25, 0.3) is 0 Å². The maximum absolute atomic E-state index is 13.1. The molecule has 9 nitrogen and oxygen atoms in total. The topological polar surface area (TPSA) is 142 Å². The van der Waals surface area contributed by atoms with Gasteiger partial charge in [0, 0.05) is 7.05 Å². The van der Waals surface area contributed by atoms with E-state index in [1.807, 2.05) is 0 Å². The summed E-state index contributed by atoms with van der Waals surface area (Å²) >= 11 is 0. The average Bonchev–Trinajstić information content (AvgIpc) is 3.15. The highest BCUT2D eigenvalue weighted by molar-refractivity contribution is 7.92. The Hall–Kier alpha value is -2.63. The van der Waals surface area contributed by atoms with Crippen molar-refractivity contribution in [2.75, 3.05) is 24.1 Å². The highest BCUT2D eigenvalue weighted by atomic mass is 32.2. The molecule has 2 aromatic carbocycles. The highest BCUT2D eigenvalue weighted by Crippen LogP contribution is 2.33. The summed E-state index contributed by atoms with van der Waals surface area (Å²) in [7, 11) is -5.12. The third kappa shape index (κ3) is 4.07. The molecule has 0 fully saturated rings. The molecule has 0 aliphatic heterocycles. The summed E-state index contributed by atoms with van der Waals surface area (Å²) in [5.41, 5.74) is 1.59. The lowest BCUT2D eigenvalue weighted by Crippen LogP contribution is -2.20. The second-order valence-electron chi connectivity index (χ2n) is 6.54. The van der Waals surface area contributed by atoms with E-state index in [4.69, 9.17) is 0 Å². The maximum Gasteiger partial charge on any atom is 0.335 e. The summed E-state index contributed by atoms with van der Waals surface area (Å²) in [5, 5.41) is 12.1. The van der Waals surface area contributed by atoms with Crippen LogP contribution in [0.1, 0.15) is 27.9 Å². The van der Waals surface area contributed by atoms with Crippen LogP contribution in [-0.2, 0) is 32.9 Å². The van der Waals surface area contributed by atoms with Gasteiger partial charge in [0.25, 0.3) is 10.0 Å². The van der Waals surface area contributed by atoms with Crippen LogP contribution in [0.5, 0.6) is 0 Å². The number of carboxylic acid groups (broad SMARTS) is 1. The van der Waals surface area contributed by atoms with Gasteiger partial charge in [0.15, 0.2) is 0 Å². The molecule has 1 aliphatic carbocycles. The molecule has 0 bridgehead atoms. The molecule has 0 atom stereocenters. The molecular formula is C18H21N3O6S2. The lowest BCUT2D eigenvalue weighted by atomic mass is 10.1. The highest BCUT2D eigenvalue weighted by Gasteiger charge is 2.27. The van der Waals surface area contributed by atoms with Crippen LogP contribution in [0, 0.1) is 0 Å². The molecule has 4 N–H and O–H groups in total. The number of aromatic carboxylic acids is 1. The van der Waals surface area contributed by atoms with Crippen molar-refractivity contribution >= 4 is 37.4 Å². The molecule has 0 amide bonds. The predicted molar refractivity (Wildman–Crippen MR) is 108 cm³/mol. The van der Waals surface area contributed by atoms with Crippen molar-refractivity contribution < 1.29 is 26.7 Å². The number of carboxylic acids is 1. The number of hydrogen-bond donors (Lipinski definition) is 4. The van der Waals surface area contributed by atoms with E-state index in [1.54, 1.807) is 7.05 Å². The second-order valence-corrected chi connectivity index (χ2v) is 10.1. The first-order chi connectivity index (χ1) is 13.6. The van der Waals surface area contributed by atoms with Gasteiger partial charge in [-0.15, -0.1) is 0 Å². The fourth-order valence-corrected chi connectivity index (χ4v) is 5.50. The van der Waals surface area contributed by atoms with E-state index in [2.05, 4.69) is 14.8 Å². The molecule has 2 aromatic rings. The minimum atomic E-state index is -4.16. The zero-order valence-corrected chi connectivity index (χ0v) is 17.4. The summed E-state index contributed by atoms with van der Waals surface area (Å²) in [4.78, 5) is 11.2. The average molecular weight is 440 g/mol. The van der Waals surface area contributed by atoms with Gasteiger partial charge in [-0.3, -0.25) is 4.72 Å². The van der Waals surface area contributed by atoms with E-state index < -0.39 is 26.0 Å². The Labute approximate surface area is 169 Å². The fraction of sp³-hybridized carbons (Fsp3) is 0.278. The normalized spacial score (nSPS) is 13.7. The number of fused-ring (bicyclic) bond motifs is 1. The lowest BCUT2D eigenvalue weighted by molar-refractivity contribution is 0.0696. The van der Waals surface area contributed by atoms with Gasteiger partial charge in [0.05, 0.1) is 26.7 Å². The Morgan fingerprint density at radius 2 is 1.69 bits per heavy atom. The van der Waals surface area contributed by atoms with Crippen LogP contribution in [0.15, 0.2) is 40.1 Å². The van der Waals surface area contributed by atoms with Crippen molar-refractivity contribution in [1.82, 2.24) is 4.72 Å². The first-order valence-electron chi connectivity index (χ1n) is 8.76. The SMILES string of the molecule is CNc1ccc(S(=O)(=O)NC)cc1NS(=O)(=O)c1cc(C(=O)O)cc2c1CCC2. The smallest absolute Gasteiger partial charge is 0.335 e. The van der Waals surface area contributed by atoms with Crippen molar-refractivity contribution in [3.63, 3.8) is 0 Å². The largest absolute Gasteiger partial charge is 0.478 e. The van der Waals surface area contributed by atoms with Crippen LogP contribution in [0.2, 0.25) is 0 Å². The van der Waals surface area contributed by atoms with Gasteiger partial charge in [0.1, 0.15) is 0 Å². The third-order valence-electron chi connectivity index (χ3n) is 4.79. The quantitative estimate of drug-likeness (QED) is 0.514. The molecule has 0 saturated carbocycles. The van der Waals surface area contributed by atoms with E-state index in [1.165, 1.54) is 31.3 Å². The van der Waals surface area contributed by atoms with E-state index >= 15 is 0 Å². The summed E-state index contributed by atoms with van der Waals surface area (Å²) in [6.07, 6.45) is 1.87. The Bertz CT molecular complexity index is 1190. The number of sulfonamides is 2. The predicted octanol–water partition coefficient (Wildman–Crippen LogP) is 1.62. The summed E-state index contributed by atoms with van der Waals surface area (Å²) in [5.74, 6) is -1.21. The van der Waals surface area contributed by atoms with Gasteiger partial charge in [-0.05, 0) is 67.8 Å². The number of nitrogens with one attached hydrogen (secondary N) is 3. The molecule has 0 spiro atoms. The zero-order chi connectivity index (χ0) is 21.4. The molecule has 0 aromatic heterocycles. The Balaban J connectivity index is 2.12. The van der Waals surface area contributed by atoms with Crippen molar-refractivity contribution in [3.8, 4) is 0 Å². The summed E-state index contributed by atoms with van der Waals surface area (Å²) in [6, 6.07) is 6.64. The number of benzene rings is 2. The molecule has 11 heteroatoms. The molecule has 156 valence electrons. The number of hydrogen-bond acceptors (Lipinski definition) is 6. The van der Waals surface area contributed by atoms with Crippen molar-refractivity contribution in [3.05, 3.63) is 47.0 Å². The summed E-state index contributed by atoms with van der Waals surface area (Å²) in [6.45, 7) is 0. The van der Waals surface area contributed by atoms with Crippen molar-refractivity contribution in [2.45, 2.75) is 29.1 Å². The van der Waals surface area contributed by atoms with Crippen LogP contribution in [-0.4, -0.2) is 42.0 Å². The van der Waals surface area contributed by atoms with Crippen molar-refractivity contribution in [2.24, 2.45) is 0 Å². The second kappa shape index (κ2) is 7.65. The van der Waals surface area contributed by atoms with Crippen LogP contribution < -0.4 is 14.8 Å². The Kier molecular flexibility index (Phi) is 5.57. The number of rotatable bonds is 7. The summed E-state index contributed by atoms with van der Waals surface area (Å²) < 4.78 is 55.0. The van der Waals surface area contributed by atoms with E-state index in [9.17, 15) is 26.7 Å². The van der Waals surface area contributed by atoms with Crippen LogP contribution >= 0.6 is 0 Å². The zero-order valence-electron chi connectivity index (χ0n) is 15.8. The first kappa shape index (κ1) is 21.1. The van der Waals surface area contributed by atoms with Gasteiger partial charge in [-0.2, -0.15) is 0 Å². The maximum atomic E-state index is 13.1. The molecular weight excluding hydrogens is 418 g/mol. The minimum Gasteiger partial charge on any atom is -0.478 e. The number of carbonyl (C=O) groups is 1. The Morgan fingerprint density at radius 3 is 2.31 bits per heavy atom. The van der Waals surface area contributed by atoms with Gasteiger partial charge >= 0.3 is 5.97 Å². The third-order valence-corrected chi connectivity index (χ3v) is 7.64.